The fourth-order valence-electron chi connectivity index (χ4n) is 5.04. The Kier molecular flexibility index (Phi) is 9.59. The topological polar surface area (TPSA) is 136 Å². The van der Waals surface area contributed by atoms with Crippen molar-refractivity contribution in [2.45, 2.75) is 12.5 Å². The maximum atomic E-state index is 13.4. The van der Waals surface area contributed by atoms with Crippen molar-refractivity contribution >= 4 is 45.9 Å². The van der Waals surface area contributed by atoms with Gasteiger partial charge in [0, 0.05) is 69.2 Å². The molecule has 0 spiro atoms. The van der Waals surface area contributed by atoms with Gasteiger partial charge in [0.2, 0.25) is 11.9 Å². The van der Waals surface area contributed by atoms with Crippen molar-refractivity contribution in [1.82, 2.24) is 24.4 Å². The minimum absolute atomic E-state index is 0.208. The smallest absolute Gasteiger partial charge is 0.342 e. The molecule has 45 heavy (non-hydrogen) atoms. The maximum Gasteiger partial charge on any atom is 0.342 e. The minimum atomic E-state index is -0.537. The summed E-state index contributed by atoms with van der Waals surface area (Å²) in [5.74, 6) is -0.181. The Morgan fingerprint density at radius 1 is 1.20 bits per heavy atom. The van der Waals surface area contributed by atoms with Crippen LogP contribution in [0.1, 0.15) is 16.8 Å². The third kappa shape index (κ3) is 7.05. The first kappa shape index (κ1) is 31.4. The number of ether oxygens (including phenoxy) is 3. The van der Waals surface area contributed by atoms with Crippen molar-refractivity contribution in [1.29, 1.82) is 0 Å². The highest BCUT2D eigenvalue weighted by Gasteiger charge is 2.26. The molecular formula is C32H38N8O5. The van der Waals surface area contributed by atoms with E-state index in [1.807, 2.05) is 62.1 Å². The van der Waals surface area contributed by atoms with Gasteiger partial charge in [-0.3, -0.25) is 4.79 Å². The van der Waals surface area contributed by atoms with E-state index in [0.29, 0.717) is 54.6 Å². The molecule has 0 radical (unpaired) electrons. The van der Waals surface area contributed by atoms with Crippen LogP contribution in [0.4, 0.5) is 23.0 Å². The van der Waals surface area contributed by atoms with E-state index in [0.717, 1.165) is 23.3 Å². The van der Waals surface area contributed by atoms with Crippen molar-refractivity contribution < 1.29 is 23.8 Å². The summed E-state index contributed by atoms with van der Waals surface area (Å²) in [5, 5.41) is 6.94. The van der Waals surface area contributed by atoms with E-state index in [4.69, 9.17) is 19.2 Å². The van der Waals surface area contributed by atoms with Crippen LogP contribution >= 0.6 is 0 Å². The number of pyridine rings is 1. The number of esters is 1. The van der Waals surface area contributed by atoms with E-state index in [-0.39, 0.29) is 23.5 Å². The molecule has 0 aliphatic carbocycles. The number of carbonyl (C=O) groups is 2. The van der Waals surface area contributed by atoms with Crippen LogP contribution in [0.5, 0.6) is 5.75 Å². The van der Waals surface area contributed by atoms with Gasteiger partial charge >= 0.3 is 5.97 Å². The van der Waals surface area contributed by atoms with Crippen LogP contribution in [-0.4, -0.2) is 97.0 Å². The monoisotopic (exact) mass is 614 g/mol. The van der Waals surface area contributed by atoms with E-state index in [1.54, 1.807) is 19.4 Å². The largest absolute Gasteiger partial charge is 0.494 e. The van der Waals surface area contributed by atoms with Crippen LogP contribution in [0.2, 0.25) is 0 Å². The van der Waals surface area contributed by atoms with Crippen LogP contribution < -0.4 is 20.3 Å². The quantitative estimate of drug-likeness (QED) is 0.178. The second kappa shape index (κ2) is 13.7. The Labute approximate surface area is 261 Å². The fourth-order valence-corrected chi connectivity index (χ4v) is 5.04. The number of aromatic nitrogens is 4. The first-order chi connectivity index (χ1) is 21.7. The summed E-state index contributed by atoms with van der Waals surface area (Å²) in [6.07, 6.45) is 6.55. The Morgan fingerprint density at radius 2 is 2.02 bits per heavy atom. The van der Waals surface area contributed by atoms with Crippen LogP contribution in [0.3, 0.4) is 0 Å². The zero-order valence-corrected chi connectivity index (χ0v) is 26.2. The SMILES string of the molecule is C=CC(=O)Nc1cc(Nc2ncc(C(=O)O[C@@H]3CCOC3)c(-c3cn(C)c4ncccc34)n2)c(OC)cc1N(C)CCN(C)C. The summed E-state index contributed by atoms with van der Waals surface area (Å²) >= 11 is 0. The summed E-state index contributed by atoms with van der Waals surface area (Å²) in [7, 11) is 9.39. The molecule has 1 aliphatic rings. The number of rotatable bonds is 12. The standard InChI is InChI=1S/C32H38N8O5/c1-7-28(41)35-24-15-25(27(43-6)16-26(24)39(4)13-12-38(2)3)36-32-34-17-22(31(42)45-20-10-14-44-19-20)29(37-32)23-18-40(5)30-21(23)9-8-11-33-30/h7-9,11,15-18,20H,1,10,12-14,19H2,2-6H3,(H,35,41)(H,34,36,37)/t20-/m1/s1. The number of methoxy groups -OCH3 is 1. The number of likely N-dealkylation sites (N-methyl/N-ethyl adjacent to an activating group) is 2. The van der Waals surface area contributed by atoms with Gasteiger partial charge in [0.1, 0.15) is 23.1 Å². The highest BCUT2D eigenvalue weighted by molar-refractivity contribution is 6.03. The van der Waals surface area contributed by atoms with Gasteiger partial charge in [-0.2, -0.15) is 0 Å². The number of nitrogens with zero attached hydrogens (tertiary/aromatic N) is 6. The van der Waals surface area contributed by atoms with Gasteiger partial charge in [0.15, 0.2) is 0 Å². The molecule has 236 valence electrons. The highest BCUT2D eigenvalue weighted by Crippen LogP contribution is 2.38. The number of carbonyl (C=O) groups excluding carboxylic acids is 2. The number of hydrogen-bond donors (Lipinski definition) is 2. The summed E-state index contributed by atoms with van der Waals surface area (Å²) < 4.78 is 18.8. The summed E-state index contributed by atoms with van der Waals surface area (Å²) in [5.41, 5.74) is 3.84. The second-order valence-electron chi connectivity index (χ2n) is 11.0. The zero-order chi connectivity index (χ0) is 32.1. The lowest BCUT2D eigenvalue weighted by molar-refractivity contribution is -0.111. The van der Waals surface area contributed by atoms with Crippen LogP contribution in [0.25, 0.3) is 22.3 Å². The predicted octanol–water partition coefficient (Wildman–Crippen LogP) is 3.85. The average Bonchev–Trinajstić information content (AvgIpc) is 3.67. The van der Waals surface area contributed by atoms with Gasteiger partial charge in [0.05, 0.1) is 43.1 Å². The first-order valence-electron chi connectivity index (χ1n) is 14.5. The van der Waals surface area contributed by atoms with Crippen LogP contribution in [0, 0.1) is 0 Å². The van der Waals surface area contributed by atoms with Crippen LogP contribution in [0.15, 0.2) is 55.5 Å². The highest BCUT2D eigenvalue weighted by atomic mass is 16.6. The lowest BCUT2D eigenvalue weighted by Crippen LogP contribution is -2.29. The molecule has 0 saturated carbocycles. The summed E-state index contributed by atoms with van der Waals surface area (Å²) in [6, 6.07) is 7.36. The summed E-state index contributed by atoms with van der Waals surface area (Å²) in [6.45, 7) is 5.99. The Balaban J connectivity index is 1.57. The fraction of sp³-hybridized carbons (Fsp3) is 0.344. The minimum Gasteiger partial charge on any atom is -0.494 e. The van der Waals surface area contributed by atoms with E-state index in [2.05, 4.69) is 32.1 Å². The molecule has 1 saturated heterocycles. The Morgan fingerprint density at radius 3 is 2.73 bits per heavy atom. The van der Waals surface area contributed by atoms with Crippen LogP contribution in [-0.2, 0) is 21.3 Å². The van der Waals surface area contributed by atoms with Crippen molar-refractivity contribution in [2.24, 2.45) is 7.05 Å². The molecule has 5 rings (SSSR count). The molecule has 1 aliphatic heterocycles. The number of hydrogen-bond acceptors (Lipinski definition) is 11. The van der Waals surface area contributed by atoms with Crippen molar-refractivity contribution in [2.75, 3.05) is 70.1 Å². The molecule has 2 N–H and O–H groups in total. The first-order valence-corrected chi connectivity index (χ1v) is 14.5. The molecule has 1 atom stereocenters. The van der Waals surface area contributed by atoms with E-state index < -0.39 is 5.97 Å². The molecule has 1 fully saturated rings. The lowest BCUT2D eigenvalue weighted by atomic mass is 10.1. The van der Waals surface area contributed by atoms with Gasteiger partial charge in [-0.05, 0) is 38.4 Å². The predicted molar refractivity (Wildman–Crippen MR) is 173 cm³/mol. The molecule has 0 bridgehead atoms. The molecule has 4 aromatic rings. The van der Waals surface area contributed by atoms with E-state index in [9.17, 15) is 9.59 Å². The maximum absolute atomic E-state index is 13.4. The average molecular weight is 615 g/mol. The number of fused-ring (bicyclic) bond motifs is 1. The van der Waals surface area contributed by atoms with Gasteiger partial charge in [0.25, 0.3) is 0 Å². The molecule has 0 unspecified atom stereocenters. The number of aryl methyl sites for hydroxylation is 1. The number of anilines is 4. The number of benzene rings is 1. The Hall–Kier alpha value is -5.01. The third-order valence-electron chi connectivity index (χ3n) is 7.46. The molecule has 1 aromatic carbocycles. The van der Waals surface area contributed by atoms with Gasteiger partial charge in [-0.15, -0.1) is 0 Å². The number of amides is 1. The number of nitrogens with one attached hydrogen (secondary N) is 2. The molecular weight excluding hydrogens is 576 g/mol. The normalized spacial score (nSPS) is 14.4. The van der Waals surface area contributed by atoms with Gasteiger partial charge in [-0.25, -0.2) is 19.7 Å². The van der Waals surface area contributed by atoms with E-state index in [1.165, 1.54) is 12.3 Å². The molecule has 4 heterocycles. The second-order valence-corrected chi connectivity index (χ2v) is 11.0. The van der Waals surface area contributed by atoms with E-state index >= 15 is 0 Å². The third-order valence-corrected chi connectivity index (χ3v) is 7.46. The lowest BCUT2D eigenvalue weighted by Gasteiger charge is -2.26. The zero-order valence-electron chi connectivity index (χ0n) is 26.2. The Bertz CT molecular complexity index is 1710. The molecule has 3 aromatic heterocycles. The summed E-state index contributed by atoms with van der Waals surface area (Å²) in [4.78, 5) is 43.7. The molecule has 13 heteroatoms. The van der Waals surface area contributed by atoms with Gasteiger partial charge < -0.3 is 39.2 Å². The van der Waals surface area contributed by atoms with Gasteiger partial charge in [-0.1, -0.05) is 6.58 Å². The van der Waals surface area contributed by atoms with Crippen molar-refractivity contribution in [3.8, 4) is 17.0 Å². The van der Waals surface area contributed by atoms with Crippen molar-refractivity contribution in [3.05, 3.63) is 61.1 Å². The molecule has 1 amide bonds. The molecule has 13 nitrogen and oxygen atoms in total. The van der Waals surface area contributed by atoms with Crippen molar-refractivity contribution in [3.63, 3.8) is 0 Å².